The van der Waals surface area contributed by atoms with E-state index in [1.54, 1.807) is 0 Å². The summed E-state index contributed by atoms with van der Waals surface area (Å²) >= 11 is 0. The van der Waals surface area contributed by atoms with Crippen molar-refractivity contribution in [2.45, 2.75) is 84.0 Å². The zero-order valence-corrected chi connectivity index (χ0v) is 11.5. The molecule has 0 aliphatic carbocycles. The maximum atomic E-state index is 3.93. The van der Waals surface area contributed by atoms with Crippen LogP contribution in [0.2, 0.25) is 0 Å². The molecule has 0 heteroatoms. The van der Waals surface area contributed by atoms with Gasteiger partial charge in [0, 0.05) is 0 Å². The Morgan fingerprint density at radius 2 is 1.19 bits per heavy atom. The van der Waals surface area contributed by atoms with Crippen molar-refractivity contribution >= 4 is 0 Å². The summed E-state index contributed by atoms with van der Waals surface area (Å²) in [6, 6.07) is 0. The quantitative estimate of drug-likeness (QED) is 0.358. The fourth-order valence-corrected chi connectivity index (χ4v) is 2.30. The van der Waals surface area contributed by atoms with Crippen LogP contribution in [0.25, 0.3) is 0 Å². The maximum absolute atomic E-state index is 3.93. The molecule has 0 nitrogen and oxygen atoms in total. The highest BCUT2D eigenvalue weighted by atomic mass is 14.1. The maximum Gasteiger partial charge on any atom is -0.0417 e. The van der Waals surface area contributed by atoms with Crippen LogP contribution in [0.5, 0.6) is 0 Å². The lowest BCUT2D eigenvalue weighted by atomic mass is 9.93. The Morgan fingerprint density at radius 1 is 0.688 bits per heavy atom. The highest BCUT2D eigenvalue weighted by Crippen LogP contribution is 2.20. The van der Waals surface area contributed by atoms with Gasteiger partial charge in [0.1, 0.15) is 0 Å². The van der Waals surface area contributed by atoms with Crippen molar-refractivity contribution in [1.29, 1.82) is 0 Å². The highest BCUT2D eigenvalue weighted by molar-refractivity contribution is 4.59. The normalized spacial score (nSPS) is 12.9. The predicted octanol–water partition coefficient (Wildman–Crippen LogP) is 5.97. The molecule has 0 rings (SSSR count). The molecular formula is C16H32. The third-order valence-electron chi connectivity index (χ3n) is 3.55. The lowest BCUT2D eigenvalue weighted by Crippen LogP contribution is -1.98. The van der Waals surface area contributed by atoms with Gasteiger partial charge in [-0.3, -0.25) is 0 Å². The minimum Gasteiger partial charge on any atom is -0.0651 e. The first-order valence-corrected chi connectivity index (χ1v) is 7.43. The summed E-state index contributed by atoms with van der Waals surface area (Å²) in [7, 11) is 0. The van der Waals surface area contributed by atoms with Crippen molar-refractivity contribution in [3.05, 3.63) is 13.8 Å². The molecule has 0 aliphatic heterocycles. The van der Waals surface area contributed by atoms with Crippen LogP contribution in [0.4, 0.5) is 0 Å². The Morgan fingerprint density at radius 3 is 1.75 bits per heavy atom. The molecule has 2 radical (unpaired) electrons. The highest BCUT2D eigenvalue weighted by Gasteiger charge is 2.04. The molecule has 1 unspecified atom stereocenters. The number of hydrogen-bond donors (Lipinski definition) is 0. The monoisotopic (exact) mass is 224 g/mol. The third-order valence-corrected chi connectivity index (χ3v) is 3.55. The molecule has 0 heterocycles. The fourth-order valence-electron chi connectivity index (χ4n) is 2.30. The van der Waals surface area contributed by atoms with Gasteiger partial charge in [-0.05, 0) is 5.92 Å². The molecule has 0 N–H and O–H groups in total. The van der Waals surface area contributed by atoms with Gasteiger partial charge in [0.2, 0.25) is 0 Å². The molecule has 0 spiro atoms. The van der Waals surface area contributed by atoms with E-state index in [1.807, 2.05) is 0 Å². The van der Waals surface area contributed by atoms with Crippen molar-refractivity contribution in [2.75, 3.05) is 0 Å². The van der Waals surface area contributed by atoms with Gasteiger partial charge in [0.05, 0.1) is 0 Å². The van der Waals surface area contributed by atoms with E-state index in [-0.39, 0.29) is 0 Å². The number of rotatable bonds is 12. The van der Waals surface area contributed by atoms with Gasteiger partial charge in [0.25, 0.3) is 0 Å². The second-order valence-corrected chi connectivity index (χ2v) is 5.03. The van der Waals surface area contributed by atoms with Crippen LogP contribution >= 0.6 is 0 Å². The second-order valence-electron chi connectivity index (χ2n) is 5.03. The number of hydrogen-bond acceptors (Lipinski definition) is 0. The van der Waals surface area contributed by atoms with Gasteiger partial charge in [-0.1, -0.05) is 97.8 Å². The molecule has 0 aliphatic rings. The first-order valence-electron chi connectivity index (χ1n) is 7.43. The summed E-state index contributed by atoms with van der Waals surface area (Å²) in [6.45, 7) is 10.1. The van der Waals surface area contributed by atoms with Crippen molar-refractivity contribution in [1.82, 2.24) is 0 Å². The summed E-state index contributed by atoms with van der Waals surface area (Å²) in [5.41, 5.74) is 0. The Hall–Kier alpha value is 0. The van der Waals surface area contributed by atoms with Crippen LogP contribution in [-0.2, 0) is 0 Å². The smallest absolute Gasteiger partial charge is 0.0417 e. The summed E-state index contributed by atoms with van der Waals surface area (Å²) in [6.07, 6.45) is 16.2. The molecule has 0 aromatic heterocycles. The van der Waals surface area contributed by atoms with Gasteiger partial charge in [-0.15, -0.1) is 0 Å². The number of unbranched alkanes of at least 4 members (excludes halogenated alkanes) is 7. The zero-order valence-electron chi connectivity index (χ0n) is 11.5. The first-order chi connectivity index (χ1) is 7.85. The SMILES string of the molecule is [CH2]CCCCCCCCC(CC)CCC[CH2]. The second kappa shape index (κ2) is 13.1. The average Bonchev–Trinajstić information content (AvgIpc) is 2.32. The fraction of sp³-hybridized carbons (Fsp3) is 0.875. The molecule has 1 atom stereocenters. The standard InChI is InChI=1S/C16H32/c1-4-7-9-10-11-12-13-15-16(6-3)14-8-5-2/h16H,1-2,4-15H2,3H3. The van der Waals surface area contributed by atoms with Crippen molar-refractivity contribution in [2.24, 2.45) is 5.92 Å². The topological polar surface area (TPSA) is 0 Å². The predicted molar refractivity (Wildman–Crippen MR) is 75.3 cm³/mol. The van der Waals surface area contributed by atoms with Crippen molar-refractivity contribution < 1.29 is 0 Å². The van der Waals surface area contributed by atoms with E-state index in [1.165, 1.54) is 64.2 Å². The van der Waals surface area contributed by atoms with E-state index in [0.29, 0.717) is 0 Å². The van der Waals surface area contributed by atoms with Crippen LogP contribution in [0.3, 0.4) is 0 Å². The van der Waals surface area contributed by atoms with Crippen LogP contribution in [0.15, 0.2) is 0 Å². The summed E-state index contributed by atoms with van der Waals surface area (Å²) < 4.78 is 0. The first kappa shape index (κ1) is 16.0. The molecule has 96 valence electrons. The molecule has 0 amide bonds. The Kier molecular flexibility index (Phi) is 13.1. The van der Waals surface area contributed by atoms with Gasteiger partial charge < -0.3 is 0 Å². The molecule has 0 saturated carbocycles. The minimum absolute atomic E-state index is 0.974. The van der Waals surface area contributed by atoms with Gasteiger partial charge in [-0.2, -0.15) is 0 Å². The van der Waals surface area contributed by atoms with E-state index >= 15 is 0 Å². The van der Waals surface area contributed by atoms with Crippen LogP contribution < -0.4 is 0 Å². The zero-order chi connectivity index (χ0) is 12.1. The van der Waals surface area contributed by atoms with Gasteiger partial charge >= 0.3 is 0 Å². The average molecular weight is 224 g/mol. The third kappa shape index (κ3) is 10.5. The lowest BCUT2D eigenvalue weighted by Gasteiger charge is -2.13. The Balaban J connectivity index is 3.20. The molecule has 0 bridgehead atoms. The molecular weight excluding hydrogens is 192 g/mol. The summed E-state index contributed by atoms with van der Waals surface area (Å²) in [5.74, 6) is 0.974. The molecule has 0 aromatic carbocycles. The Bertz CT molecular complexity index is 117. The van der Waals surface area contributed by atoms with E-state index in [9.17, 15) is 0 Å². The molecule has 0 saturated heterocycles. The van der Waals surface area contributed by atoms with Crippen LogP contribution in [-0.4, -0.2) is 0 Å². The van der Waals surface area contributed by atoms with E-state index < -0.39 is 0 Å². The van der Waals surface area contributed by atoms with E-state index in [4.69, 9.17) is 0 Å². The van der Waals surface area contributed by atoms with E-state index in [2.05, 4.69) is 20.8 Å². The van der Waals surface area contributed by atoms with Crippen molar-refractivity contribution in [3.63, 3.8) is 0 Å². The van der Waals surface area contributed by atoms with E-state index in [0.717, 1.165) is 18.8 Å². The molecule has 0 fully saturated rings. The minimum atomic E-state index is 0.974. The molecule has 16 heavy (non-hydrogen) atoms. The van der Waals surface area contributed by atoms with Gasteiger partial charge in [0.15, 0.2) is 0 Å². The summed E-state index contributed by atoms with van der Waals surface area (Å²) in [5, 5.41) is 0. The summed E-state index contributed by atoms with van der Waals surface area (Å²) in [4.78, 5) is 0. The Labute approximate surface area is 104 Å². The largest absolute Gasteiger partial charge is 0.0651 e. The van der Waals surface area contributed by atoms with Crippen LogP contribution in [0.1, 0.15) is 84.0 Å². The van der Waals surface area contributed by atoms with Gasteiger partial charge in [-0.25, -0.2) is 0 Å². The molecule has 0 aromatic rings. The van der Waals surface area contributed by atoms with Crippen LogP contribution in [0, 0.1) is 19.8 Å². The van der Waals surface area contributed by atoms with Crippen molar-refractivity contribution in [3.8, 4) is 0 Å². The lowest BCUT2D eigenvalue weighted by molar-refractivity contribution is 0.402.